The fourth-order valence-corrected chi connectivity index (χ4v) is 3.36. The van der Waals surface area contributed by atoms with Crippen molar-refractivity contribution in [1.29, 1.82) is 0 Å². The molecule has 24 heavy (non-hydrogen) atoms. The minimum Gasteiger partial charge on any atom is -0.441 e. The van der Waals surface area contributed by atoms with Crippen LogP contribution in [-0.4, -0.2) is 28.9 Å². The Morgan fingerprint density at radius 2 is 2.04 bits per heavy atom. The second kappa shape index (κ2) is 9.52. The van der Waals surface area contributed by atoms with Crippen LogP contribution in [-0.2, 0) is 0 Å². The average Bonchev–Trinajstić information content (AvgIpc) is 2.96. The topological polar surface area (TPSA) is 55.1 Å². The minimum absolute atomic E-state index is 0.159. The number of carbonyl (C=O) groups excluding carboxylic acids is 1. The Balaban J connectivity index is 1.87. The first-order valence-corrected chi connectivity index (χ1v) is 9.67. The molecule has 0 fully saturated rings. The van der Waals surface area contributed by atoms with Crippen molar-refractivity contribution in [3.8, 4) is 11.5 Å². The largest absolute Gasteiger partial charge is 0.441 e. The number of thioether (sulfide) groups is 1. The van der Waals surface area contributed by atoms with Gasteiger partial charge in [-0.2, -0.15) is 11.8 Å². The molecule has 1 N–H and O–H groups in total. The molecule has 0 aliphatic rings. The van der Waals surface area contributed by atoms with Crippen LogP contribution in [0.15, 0.2) is 28.7 Å². The molecule has 1 aromatic carbocycles. The van der Waals surface area contributed by atoms with Crippen molar-refractivity contribution in [2.45, 2.75) is 40.0 Å². The van der Waals surface area contributed by atoms with E-state index in [0.717, 1.165) is 23.3 Å². The summed E-state index contributed by atoms with van der Waals surface area (Å²) >= 11 is 1.95. The molecule has 130 valence electrons. The maximum atomic E-state index is 12.3. The van der Waals surface area contributed by atoms with Gasteiger partial charge in [-0.1, -0.05) is 31.0 Å². The molecule has 2 rings (SSSR count). The van der Waals surface area contributed by atoms with E-state index in [1.54, 1.807) is 6.92 Å². The van der Waals surface area contributed by atoms with E-state index >= 15 is 0 Å². The lowest BCUT2D eigenvalue weighted by molar-refractivity contribution is 0.0948. The quantitative estimate of drug-likeness (QED) is 0.674. The Hall–Kier alpha value is -1.75. The lowest BCUT2D eigenvalue weighted by atomic mass is 10.1. The fourth-order valence-electron chi connectivity index (χ4n) is 2.32. The zero-order valence-electron chi connectivity index (χ0n) is 14.7. The van der Waals surface area contributed by atoms with Crippen LogP contribution in [0.5, 0.6) is 0 Å². The number of oxazole rings is 1. The van der Waals surface area contributed by atoms with Crippen LogP contribution in [0.2, 0.25) is 0 Å². The van der Waals surface area contributed by atoms with Crippen LogP contribution >= 0.6 is 11.8 Å². The zero-order valence-corrected chi connectivity index (χ0v) is 15.5. The number of carbonyl (C=O) groups is 1. The van der Waals surface area contributed by atoms with Crippen molar-refractivity contribution in [3.63, 3.8) is 0 Å². The lowest BCUT2D eigenvalue weighted by Gasteiger charge is -2.03. The van der Waals surface area contributed by atoms with Crippen LogP contribution in [0.3, 0.4) is 0 Å². The first-order chi connectivity index (χ1) is 11.6. The number of amides is 1. The van der Waals surface area contributed by atoms with Gasteiger partial charge in [-0.25, -0.2) is 4.98 Å². The summed E-state index contributed by atoms with van der Waals surface area (Å²) in [6, 6.07) is 7.92. The third-order valence-corrected chi connectivity index (χ3v) is 4.82. The maximum Gasteiger partial charge on any atom is 0.273 e. The molecule has 2 aromatic rings. The summed E-state index contributed by atoms with van der Waals surface area (Å²) in [5.41, 5.74) is 2.41. The highest BCUT2D eigenvalue weighted by molar-refractivity contribution is 7.99. The van der Waals surface area contributed by atoms with E-state index in [1.807, 2.05) is 43.0 Å². The fraction of sp³-hybridized carbons (Fsp3) is 0.474. The summed E-state index contributed by atoms with van der Waals surface area (Å²) in [4.78, 5) is 16.6. The standard InChI is InChI=1S/C19H26N2O2S/c1-4-5-11-24-12-7-10-20-18(22)17-15(3)23-19(21-17)16-9-6-8-14(2)13-16/h6,8-9,13H,4-5,7,10-12H2,1-3H3,(H,20,22). The maximum absolute atomic E-state index is 12.3. The molecular formula is C19H26N2O2S. The van der Waals surface area contributed by atoms with Crippen molar-refractivity contribution in [1.82, 2.24) is 10.3 Å². The van der Waals surface area contributed by atoms with Gasteiger partial charge in [0.15, 0.2) is 5.69 Å². The third-order valence-electron chi connectivity index (χ3n) is 3.67. The summed E-state index contributed by atoms with van der Waals surface area (Å²) in [5.74, 6) is 3.17. The Labute approximate surface area is 148 Å². The van der Waals surface area contributed by atoms with Crippen molar-refractivity contribution < 1.29 is 9.21 Å². The Morgan fingerprint density at radius 3 is 2.79 bits per heavy atom. The number of hydrogen-bond acceptors (Lipinski definition) is 4. The van der Waals surface area contributed by atoms with Gasteiger partial charge < -0.3 is 9.73 Å². The molecule has 0 radical (unpaired) electrons. The average molecular weight is 346 g/mol. The molecule has 0 unspecified atom stereocenters. The van der Waals surface area contributed by atoms with Crippen LogP contribution in [0.25, 0.3) is 11.5 Å². The van der Waals surface area contributed by atoms with Crippen LogP contribution in [0, 0.1) is 13.8 Å². The SMILES string of the molecule is CCCCSCCCNC(=O)c1nc(-c2cccc(C)c2)oc1C. The molecular weight excluding hydrogens is 320 g/mol. The highest BCUT2D eigenvalue weighted by Crippen LogP contribution is 2.22. The molecule has 5 heteroatoms. The smallest absolute Gasteiger partial charge is 0.273 e. The van der Waals surface area contributed by atoms with E-state index in [4.69, 9.17) is 4.42 Å². The van der Waals surface area contributed by atoms with Crippen molar-refractivity contribution in [3.05, 3.63) is 41.3 Å². The Bertz CT molecular complexity index is 667. The number of nitrogens with one attached hydrogen (secondary N) is 1. The summed E-state index contributed by atoms with van der Waals surface area (Å²) < 4.78 is 5.67. The predicted octanol–water partition coefficient (Wildman–Crippen LogP) is 4.61. The molecule has 0 spiro atoms. The number of unbranched alkanes of at least 4 members (excludes halogenated alkanes) is 1. The van der Waals surface area contributed by atoms with Gasteiger partial charge >= 0.3 is 0 Å². The number of rotatable bonds is 9. The molecule has 4 nitrogen and oxygen atoms in total. The van der Waals surface area contributed by atoms with E-state index in [1.165, 1.54) is 18.6 Å². The predicted molar refractivity (Wildman–Crippen MR) is 101 cm³/mol. The number of aromatic nitrogens is 1. The molecule has 1 heterocycles. The third kappa shape index (κ3) is 5.41. The molecule has 1 amide bonds. The van der Waals surface area contributed by atoms with E-state index in [2.05, 4.69) is 17.2 Å². The second-order valence-corrected chi connectivity index (χ2v) is 7.09. The van der Waals surface area contributed by atoms with Gasteiger partial charge in [0.25, 0.3) is 5.91 Å². The van der Waals surface area contributed by atoms with Crippen LogP contribution < -0.4 is 5.32 Å². The number of aryl methyl sites for hydroxylation is 2. The zero-order chi connectivity index (χ0) is 17.4. The van der Waals surface area contributed by atoms with Crippen molar-refractivity contribution in [2.24, 2.45) is 0 Å². The monoisotopic (exact) mass is 346 g/mol. The molecule has 0 aliphatic heterocycles. The lowest BCUT2D eigenvalue weighted by Crippen LogP contribution is -2.25. The summed E-state index contributed by atoms with van der Waals surface area (Å²) in [6.07, 6.45) is 3.47. The first-order valence-electron chi connectivity index (χ1n) is 8.52. The van der Waals surface area contributed by atoms with Gasteiger partial charge in [0.2, 0.25) is 5.89 Å². The Kier molecular flexibility index (Phi) is 7.37. The number of hydrogen-bond donors (Lipinski definition) is 1. The molecule has 0 atom stereocenters. The summed E-state index contributed by atoms with van der Waals surface area (Å²) in [6.45, 7) is 6.67. The highest BCUT2D eigenvalue weighted by Gasteiger charge is 2.17. The minimum atomic E-state index is -0.159. The van der Waals surface area contributed by atoms with E-state index in [9.17, 15) is 4.79 Å². The normalized spacial score (nSPS) is 10.8. The van der Waals surface area contributed by atoms with Crippen molar-refractivity contribution >= 4 is 17.7 Å². The molecule has 0 saturated heterocycles. The van der Waals surface area contributed by atoms with Gasteiger partial charge in [0, 0.05) is 12.1 Å². The van der Waals surface area contributed by atoms with Gasteiger partial charge in [-0.15, -0.1) is 0 Å². The van der Waals surface area contributed by atoms with Crippen LogP contribution in [0.4, 0.5) is 0 Å². The highest BCUT2D eigenvalue weighted by atomic mass is 32.2. The van der Waals surface area contributed by atoms with E-state index in [0.29, 0.717) is 23.9 Å². The first kappa shape index (κ1) is 18.6. The Morgan fingerprint density at radius 1 is 1.25 bits per heavy atom. The number of benzene rings is 1. The summed E-state index contributed by atoms with van der Waals surface area (Å²) in [7, 11) is 0. The molecule has 0 aliphatic carbocycles. The van der Waals surface area contributed by atoms with Gasteiger partial charge in [0.1, 0.15) is 5.76 Å². The van der Waals surface area contributed by atoms with Crippen molar-refractivity contribution in [2.75, 3.05) is 18.1 Å². The molecule has 0 bridgehead atoms. The van der Waals surface area contributed by atoms with Crippen LogP contribution in [0.1, 0.15) is 48.0 Å². The van der Waals surface area contributed by atoms with E-state index in [-0.39, 0.29) is 5.91 Å². The second-order valence-electron chi connectivity index (χ2n) is 5.87. The molecule has 0 saturated carbocycles. The summed E-state index contributed by atoms with van der Waals surface area (Å²) in [5, 5.41) is 2.93. The molecule has 1 aromatic heterocycles. The van der Waals surface area contributed by atoms with Gasteiger partial charge in [-0.05, 0) is 50.3 Å². The van der Waals surface area contributed by atoms with Gasteiger partial charge in [0.05, 0.1) is 0 Å². The number of nitrogens with zero attached hydrogens (tertiary/aromatic N) is 1. The van der Waals surface area contributed by atoms with E-state index < -0.39 is 0 Å². The van der Waals surface area contributed by atoms with Gasteiger partial charge in [-0.3, -0.25) is 4.79 Å².